The molecule has 0 aliphatic carbocycles. The Hall–Kier alpha value is -2.17. The number of rotatable bonds is 6. The number of nitrogens with one attached hydrogen (secondary N) is 1. The van der Waals surface area contributed by atoms with Gasteiger partial charge in [0, 0.05) is 7.11 Å². The van der Waals surface area contributed by atoms with Crippen LogP contribution in [-0.4, -0.2) is 55.1 Å². The van der Waals surface area contributed by atoms with E-state index in [1.165, 1.54) is 7.11 Å². The van der Waals surface area contributed by atoms with E-state index in [-0.39, 0.29) is 17.5 Å². The maximum Gasteiger partial charge on any atom is 0.408 e. The number of carbonyl (C=O) groups excluding carboxylic acids is 2. The lowest BCUT2D eigenvalue weighted by Crippen LogP contribution is -2.73. The fourth-order valence-corrected chi connectivity index (χ4v) is 3.05. The van der Waals surface area contributed by atoms with Gasteiger partial charge in [-0.25, -0.2) is 9.10 Å². The largest absolute Gasteiger partial charge is 0.445 e. The van der Waals surface area contributed by atoms with Gasteiger partial charge in [-0.15, -0.1) is 0 Å². The van der Waals surface area contributed by atoms with Crippen LogP contribution in [0.2, 0.25) is 0 Å². The average Bonchev–Trinajstić information content (AvgIpc) is 2.50. The highest BCUT2D eigenvalue weighted by molar-refractivity contribution is 7.84. The minimum absolute atomic E-state index is 0.00451. The van der Waals surface area contributed by atoms with Crippen molar-refractivity contribution >= 4 is 22.3 Å². The molecule has 1 fully saturated rings. The molecule has 126 valence electrons. The lowest BCUT2D eigenvalue weighted by atomic mass is 10.00. The van der Waals surface area contributed by atoms with Gasteiger partial charge < -0.3 is 14.8 Å². The lowest BCUT2D eigenvalue weighted by molar-refractivity contribution is -0.144. The Morgan fingerprint density at radius 2 is 2.00 bits per heavy atom. The molecule has 0 radical (unpaired) electrons. The molecular weight excluding hydrogens is 328 g/mol. The van der Waals surface area contributed by atoms with Gasteiger partial charge in [0.1, 0.15) is 18.7 Å². The van der Waals surface area contributed by atoms with Crippen LogP contribution < -0.4 is 5.32 Å². The molecule has 1 aliphatic rings. The smallest absolute Gasteiger partial charge is 0.408 e. The third-order valence-electron chi connectivity index (χ3n) is 3.24. The van der Waals surface area contributed by atoms with Crippen LogP contribution in [-0.2, 0) is 31.2 Å². The van der Waals surface area contributed by atoms with Crippen molar-refractivity contribution in [3.63, 3.8) is 0 Å². The van der Waals surface area contributed by atoms with Crippen LogP contribution in [0, 0.1) is 0 Å². The van der Waals surface area contributed by atoms with Gasteiger partial charge in [-0.2, -0.15) is 8.42 Å². The minimum Gasteiger partial charge on any atom is -0.445 e. The first kappa shape index (κ1) is 17.2. The van der Waals surface area contributed by atoms with Crippen LogP contribution in [0.3, 0.4) is 0 Å². The zero-order valence-electron chi connectivity index (χ0n) is 12.2. The Morgan fingerprint density at radius 3 is 2.57 bits per heavy atom. The van der Waals surface area contributed by atoms with Gasteiger partial charge in [0.2, 0.25) is 0 Å². The summed E-state index contributed by atoms with van der Waals surface area (Å²) in [6.07, 6.45) is -0.872. The van der Waals surface area contributed by atoms with Crippen molar-refractivity contribution in [2.24, 2.45) is 0 Å². The van der Waals surface area contributed by atoms with Crippen molar-refractivity contribution in [3.05, 3.63) is 35.9 Å². The quantitative estimate of drug-likeness (QED) is 0.547. The van der Waals surface area contributed by atoms with E-state index in [1.807, 2.05) is 6.07 Å². The first-order valence-corrected chi connectivity index (χ1v) is 8.01. The van der Waals surface area contributed by atoms with Crippen LogP contribution in [0.25, 0.3) is 0 Å². The molecule has 0 spiro atoms. The molecule has 0 bridgehead atoms. The Bertz CT molecular complexity index is 677. The number of carbonyl (C=O) groups is 2. The van der Waals surface area contributed by atoms with Crippen LogP contribution in [0.15, 0.2) is 30.3 Å². The topological polar surface area (TPSA) is 122 Å². The summed E-state index contributed by atoms with van der Waals surface area (Å²) >= 11 is 0. The van der Waals surface area contributed by atoms with Gasteiger partial charge in [0.15, 0.2) is 0 Å². The zero-order valence-corrected chi connectivity index (χ0v) is 13.0. The highest BCUT2D eigenvalue weighted by atomic mass is 32.2. The van der Waals surface area contributed by atoms with Crippen LogP contribution in [0.5, 0.6) is 0 Å². The van der Waals surface area contributed by atoms with Gasteiger partial charge in [-0.05, 0) is 5.56 Å². The Kier molecular flexibility index (Phi) is 5.19. The predicted molar refractivity (Wildman–Crippen MR) is 77.6 cm³/mol. The molecule has 1 saturated heterocycles. The molecule has 9 nitrogen and oxygen atoms in total. The second-order valence-corrected chi connectivity index (χ2v) is 6.11. The summed E-state index contributed by atoms with van der Waals surface area (Å²) in [6, 6.07) is 6.74. The molecule has 2 N–H and O–H groups in total. The summed E-state index contributed by atoms with van der Waals surface area (Å²) < 4.78 is 41.2. The van der Waals surface area contributed by atoms with Crippen molar-refractivity contribution in [1.29, 1.82) is 0 Å². The van der Waals surface area contributed by atoms with Crippen molar-refractivity contribution < 1.29 is 32.0 Å². The first-order chi connectivity index (χ1) is 10.8. The number of ether oxygens (including phenoxy) is 2. The highest BCUT2D eigenvalue weighted by Crippen LogP contribution is 2.23. The van der Waals surface area contributed by atoms with E-state index in [0.29, 0.717) is 0 Å². The van der Waals surface area contributed by atoms with E-state index in [4.69, 9.17) is 14.0 Å². The van der Waals surface area contributed by atoms with Crippen molar-refractivity contribution in [2.75, 3.05) is 13.7 Å². The number of hydrogen-bond donors (Lipinski definition) is 2. The van der Waals surface area contributed by atoms with E-state index >= 15 is 0 Å². The van der Waals surface area contributed by atoms with Gasteiger partial charge in [0.05, 0.1) is 6.61 Å². The van der Waals surface area contributed by atoms with E-state index in [9.17, 15) is 18.0 Å². The maximum atomic E-state index is 11.8. The maximum absolute atomic E-state index is 11.8. The molecule has 23 heavy (non-hydrogen) atoms. The van der Waals surface area contributed by atoms with Crippen LogP contribution in [0.4, 0.5) is 4.79 Å². The van der Waals surface area contributed by atoms with Gasteiger partial charge >= 0.3 is 16.4 Å². The fourth-order valence-electron chi connectivity index (χ4n) is 2.19. The second-order valence-electron chi connectivity index (χ2n) is 4.82. The molecule has 2 amide bonds. The van der Waals surface area contributed by atoms with E-state index in [1.54, 1.807) is 24.3 Å². The Labute approximate surface area is 133 Å². The van der Waals surface area contributed by atoms with Gasteiger partial charge in [0.25, 0.3) is 5.91 Å². The molecule has 0 aromatic heterocycles. The average molecular weight is 344 g/mol. The molecule has 0 unspecified atom stereocenters. The molecule has 10 heteroatoms. The summed E-state index contributed by atoms with van der Waals surface area (Å²) in [7, 11) is -3.40. The van der Waals surface area contributed by atoms with Crippen LogP contribution in [0.1, 0.15) is 5.56 Å². The van der Waals surface area contributed by atoms with Crippen molar-refractivity contribution in [2.45, 2.75) is 18.7 Å². The number of nitrogens with zero attached hydrogens (tertiary/aromatic N) is 1. The predicted octanol–water partition coefficient (Wildman–Crippen LogP) is -0.0586. The fraction of sp³-hybridized carbons (Fsp3) is 0.385. The number of hydrogen-bond acceptors (Lipinski definition) is 6. The van der Waals surface area contributed by atoms with Crippen molar-refractivity contribution in [1.82, 2.24) is 9.62 Å². The van der Waals surface area contributed by atoms with Crippen molar-refractivity contribution in [3.8, 4) is 0 Å². The molecule has 2 atom stereocenters. The van der Waals surface area contributed by atoms with E-state index in [0.717, 1.165) is 5.56 Å². The molecule has 1 aromatic rings. The van der Waals surface area contributed by atoms with Crippen LogP contribution >= 0.6 is 0 Å². The molecule has 1 aliphatic heterocycles. The summed E-state index contributed by atoms with van der Waals surface area (Å²) in [4.78, 5) is 23.5. The number of β-lactam (4-membered cyclic amide) rings is 1. The second kappa shape index (κ2) is 6.94. The number of benzene rings is 1. The SMILES string of the molecule is COC[C@H]1[C@@H](NC(=O)OCc2ccccc2)C(=O)N1S(=O)(=O)O. The van der Waals surface area contributed by atoms with E-state index < -0.39 is 34.4 Å². The number of amides is 2. The minimum atomic E-state index is -4.70. The zero-order chi connectivity index (χ0) is 17.0. The van der Waals surface area contributed by atoms with E-state index in [2.05, 4.69) is 5.32 Å². The highest BCUT2D eigenvalue weighted by Gasteiger charge is 2.54. The Morgan fingerprint density at radius 1 is 1.35 bits per heavy atom. The van der Waals surface area contributed by atoms with Gasteiger partial charge in [-0.3, -0.25) is 9.35 Å². The molecular formula is C13H16N2O7S. The first-order valence-electron chi connectivity index (χ1n) is 6.61. The molecule has 0 saturated carbocycles. The summed E-state index contributed by atoms with van der Waals surface area (Å²) in [5.74, 6) is -0.953. The lowest BCUT2D eigenvalue weighted by Gasteiger charge is -2.43. The van der Waals surface area contributed by atoms with Gasteiger partial charge in [-0.1, -0.05) is 30.3 Å². The number of methoxy groups -OCH3 is 1. The normalized spacial score (nSPS) is 20.8. The Balaban J connectivity index is 1.93. The summed E-state index contributed by atoms with van der Waals surface area (Å²) in [6.45, 7) is -0.167. The summed E-state index contributed by atoms with van der Waals surface area (Å²) in [5, 5.41) is 2.27. The third kappa shape index (κ3) is 3.97. The molecule has 1 heterocycles. The monoisotopic (exact) mass is 344 g/mol. The number of alkyl carbamates (subject to hydrolysis) is 1. The molecule has 2 rings (SSSR count). The standard InChI is InChI=1S/C13H16N2O7S/c1-21-8-10-11(12(16)15(10)23(18,19)20)14-13(17)22-7-9-5-3-2-4-6-9/h2-6,10-11H,7-8H2,1H3,(H,14,17)(H,18,19,20)/t10-,11+/m0/s1. The third-order valence-corrected chi connectivity index (χ3v) is 4.19. The molecule has 1 aromatic carbocycles. The summed E-state index contributed by atoms with van der Waals surface area (Å²) in [5.41, 5.74) is 0.760.